The number of sulfonamides is 1. The van der Waals surface area contributed by atoms with Crippen molar-refractivity contribution in [3.8, 4) is 11.5 Å². The van der Waals surface area contributed by atoms with E-state index in [2.05, 4.69) is 24.9 Å². The molecule has 3 heterocycles. The topological polar surface area (TPSA) is 142 Å². The number of hydrogen-bond acceptors (Lipinski definition) is 10. The van der Waals surface area contributed by atoms with Crippen molar-refractivity contribution < 1.29 is 17.9 Å². The van der Waals surface area contributed by atoms with Gasteiger partial charge in [0.1, 0.15) is 10.0 Å². The first-order valence-corrected chi connectivity index (χ1v) is 10.7. The van der Waals surface area contributed by atoms with Crippen molar-refractivity contribution in [1.29, 1.82) is 0 Å². The number of anilines is 2. The molecule has 156 valence electrons. The monoisotopic (exact) mass is 478 g/mol. The lowest BCUT2D eigenvalue weighted by molar-refractivity contribution is 0.413. The molecule has 14 heteroatoms. The van der Waals surface area contributed by atoms with Crippen molar-refractivity contribution in [2.45, 2.75) is 11.1 Å². The smallest absolute Gasteiger partial charge is 0.272 e. The molecular weight excluding hydrogens is 463 g/mol. The van der Waals surface area contributed by atoms with Gasteiger partial charge in [-0.05, 0) is 19.1 Å². The average Bonchev–Trinajstić information content (AvgIpc) is 3.11. The van der Waals surface area contributed by atoms with Crippen molar-refractivity contribution in [3.63, 3.8) is 0 Å². The fourth-order valence-corrected chi connectivity index (χ4v) is 4.46. The summed E-state index contributed by atoms with van der Waals surface area (Å²) in [5.74, 6) is 1.68. The van der Waals surface area contributed by atoms with E-state index >= 15 is 0 Å². The third-order valence-electron chi connectivity index (χ3n) is 3.12. The SMILES string of the molecule is COc1cc(Cl)nnc1NS(=O)(=O)c1ccc(Cl)s1.COc1cnc(C)nc1N. The summed E-state index contributed by atoms with van der Waals surface area (Å²) < 4.78 is 36.6. The minimum absolute atomic E-state index is 0.0450. The number of halogens is 2. The van der Waals surface area contributed by atoms with E-state index in [0.717, 1.165) is 11.3 Å². The molecule has 29 heavy (non-hydrogen) atoms. The third kappa shape index (κ3) is 6.29. The van der Waals surface area contributed by atoms with E-state index in [9.17, 15) is 8.42 Å². The Labute approximate surface area is 181 Å². The van der Waals surface area contributed by atoms with Crippen LogP contribution >= 0.6 is 34.5 Å². The van der Waals surface area contributed by atoms with E-state index in [4.69, 9.17) is 38.4 Å². The van der Waals surface area contributed by atoms with Crippen LogP contribution in [-0.4, -0.2) is 42.8 Å². The number of ether oxygens (including phenoxy) is 2. The zero-order valence-electron chi connectivity index (χ0n) is 15.4. The van der Waals surface area contributed by atoms with Crippen molar-refractivity contribution >= 4 is 56.2 Å². The first-order chi connectivity index (χ1) is 13.7. The maximum Gasteiger partial charge on any atom is 0.272 e. The highest BCUT2D eigenvalue weighted by molar-refractivity contribution is 7.94. The second-order valence-electron chi connectivity index (χ2n) is 5.12. The highest BCUT2D eigenvalue weighted by atomic mass is 35.5. The van der Waals surface area contributed by atoms with Crippen LogP contribution in [0.1, 0.15) is 5.82 Å². The van der Waals surface area contributed by atoms with Crippen LogP contribution in [-0.2, 0) is 10.0 Å². The quantitative estimate of drug-likeness (QED) is 0.565. The Bertz CT molecular complexity index is 1090. The standard InChI is InChI=1S/C9H7Cl2N3O3S2.C6H9N3O/c1-17-5-4-6(10)12-13-9(5)14-19(15,16)8-3-2-7(11)18-8;1-4-8-3-5(10-2)6(7)9-4/h2-4H,1H3,(H,13,14);3H,1-2H3,(H2,7,8,9). The molecule has 3 aromatic rings. The van der Waals surface area contributed by atoms with Gasteiger partial charge in [0.2, 0.25) is 5.82 Å². The molecule has 3 rings (SSSR count). The van der Waals surface area contributed by atoms with Crippen LogP contribution in [0.15, 0.2) is 28.6 Å². The lowest BCUT2D eigenvalue weighted by Gasteiger charge is -2.08. The summed E-state index contributed by atoms with van der Waals surface area (Å²) in [5, 5.41) is 7.29. The lowest BCUT2D eigenvalue weighted by atomic mass is 10.5. The molecule has 3 N–H and O–H groups in total. The number of rotatable bonds is 5. The number of hydrogen-bond donors (Lipinski definition) is 2. The molecule has 0 saturated carbocycles. The Balaban J connectivity index is 0.000000253. The molecule has 0 aromatic carbocycles. The molecule has 3 aromatic heterocycles. The van der Waals surface area contributed by atoms with Crippen molar-refractivity contribution in [1.82, 2.24) is 20.2 Å². The molecule has 0 amide bonds. The van der Waals surface area contributed by atoms with Crippen molar-refractivity contribution in [2.75, 3.05) is 24.7 Å². The predicted octanol–water partition coefficient (Wildman–Crippen LogP) is 3.03. The van der Waals surface area contributed by atoms with Gasteiger partial charge in [0.15, 0.2) is 22.5 Å². The molecule has 0 atom stereocenters. The lowest BCUT2D eigenvalue weighted by Crippen LogP contribution is -2.14. The second-order valence-corrected chi connectivity index (χ2v) is 9.13. The summed E-state index contributed by atoms with van der Waals surface area (Å²) in [4.78, 5) is 7.78. The Morgan fingerprint density at radius 3 is 2.38 bits per heavy atom. The number of nitrogen functional groups attached to an aromatic ring is 1. The Hall–Kier alpha value is -2.41. The number of nitrogens with two attached hydrogens (primary N) is 1. The Kier molecular flexibility index (Phi) is 7.79. The fraction of sp³-hybridized carbons (Fsp3) is 0.200. The van der Waals surface area contributed by atoms with E-state index in [0.29, 0.717) is 21.7 Å². The summed E-state index contributed by atoms with van der Waals surface area (Å²) in [7, 11) is -0.879. The predicted molar refractivity (Wildman–Crippen MR) is 111 cm³/mol. The van der Waals surface area contributed by atoms with E-state index in [1.54, 1.807) is 13.1 Å². The van der Waals surface area contributed by atoms with Gasteiger partial charge >= 0.3 is 0 Å². The van der Waals surface area contributed by atoms with Crippen molar-refractivity contribution in [3.05, 3.63) is 39.7 Å². The molecule has 0 saturated heterocycles. The first kappa shape index (κ1) is 22.9. The summed E-state index contributed by atoms with van der Waals surface area (Å²) >= 11 is 12.3. The van der Waals surface area contributed by atoms with Gasteiger partial charge in [0.25, 0.3) is 10.0 Å². The molecule has 0 radical (unpaired) electrons. The average molecular weight is 479 g/mol. The molecule has 10 nitrogen and oxygen atoms in total. The number of thiophene rings is 1. The highest BCUT2D eigenvalue weighted by Crippen LogP contribution is 2.29. The van der Waals surface area contributed by atoms with Crippen LogP contribution in [0.4, 0.5) is 11.6 Å². The largest absolute Gasteiger partial charge is 0.493 e. The van der Waals surface area contributed by atoms with Gasteiger partial charge < -0.3 is 15.2 Å². The maximum absolute atomic E-state index is 12.1. The van der Waals surface area contributed by atoms with Crippen molar-refractivity contribution in [2.24, 2.45) is 0 Å². The zero-order valence-corrected chi connectivity index (χ0v) is 18.5. The van der Waals surface area contributed by atoms with E-state index in [1.165, 1.54) is 32.4 Å². The molecule has 0 spiro atoms. The fourth-order valence-electron chi connectivity index (χ4n) is 1.83. The van der Waals surface area contributed by atoms with E-state index in [1.807, 2.05) is 0 Å². The van der Waals surface area contributed by atoms with Crippen LogP contribution in [0.25, 0.3) is 0 Å². The van der Waals surface area contributed by atoms with Gasteiger partial charge in [-0.15, -0.1) is 21.5 Å². The Morgan fingerprint density at radius 2 is 1.83 bits per heavy atom. The number of nitrogens with one attached hydrogen (secondary N) is 1. The maximum atomic E-state index is 12.1. The molecule has 0 aliphatic rings. The Morgan fingerprint density at radius 1 is 1.14 bits per heavy atom. The third-order valence-corrected chi connectivity index (χ3v) is 6.36. The van der Waals surface area contributed by atoms with Crippen LogP contribution in [0.5, 0.6) is 11.5 Å². The van der Waals surface area contributed by atoms with Gasteiger partial charge in [-0.25, -0.2) is 18.4 Å². The summed E-state index contributed by atoms with van der Waals surface area (Å²) in [6.07, 6.45) is 1.55. The summed E-state index contributed by atoms with van der Waals surface area (Å²) in [6.45, 7) is 1.77. The van der Waals surface area contributed by atoms with Gasteiger partial charge in [-0.2, -0.15) is 0 Å². The summed E-state index contributed by atoms with van der Waals surface area (Å²) in [5.41, 5.74) is 5.46. The van der Waals surface area contributed by atoms with E-state index in [-0.39, 0.29) is 20.9 Å². The number of aromatic nitrogens is 4. The van der Waals surface area contributed by atoms with E-state index < -0.39 is 10.0 Å². The van der Waals surface area contributed by atoms with Gasteiger partial charge in [0.05, 0.1) is 24.8 Å². The van der Waals surface area contributed by atoms with Crippen LogP contribution in [0.2, 0.25) is 9.49 Å². The normalized spacial score (nSPS) is 10.7. The van der Waals surface area contributed by atoms with Crippen LogP contribution in [0.3, 0.4) is 0 Å². The first-order valence-electron chi connectivity index (χ1n) is 7.64. The molecule has 0 unspecified atom stereocenters. The zero-order chi connectivity index (χ0) is 21.6. The van der Waals surface area contributed by atoms with Gasteiger partial charge in [-0.3, -0.25) is 4.72 Å². The summed E-state index contributed by atoms with van der Waals surface area (Å²) in [6, 6.07) is 4.24. The molecule has 0 aliphatic heterocycles. The molecule has 0 aliphatic carbocycles. The molecule has 0 fully saturated rings. The van der Waals surface area contributed by atoms with Gasteiger partial charge in [0, 0.05) is 6.07 Å². The second kappa shape index (κ2) is 9.87. The highest BCUT2D eigenvalue weighted by Gasteiger charge is 2.20. The van der Waals surface area contributed by atoms with Gasteiger partial charge in [-0.1, -0.05) is 23.2 Å². The number of aryl methyl sites for hydroxylation is 1. The van der Waals surface area contributed by atoms with Crippen LogP contribution < -0.4 is 19.9 Å². The minimum Gasteiger partial charge on any atom is -0.493 e. The molecular formula is C15H16Cl2N6O4S2. The minimum atomic E-state index is -3.78. The number of nitrogens with zero attached hydrogens (tertiary/aromatic N) is 4. The molecule has 0 bridgehead atoms. The number of methoxy groups -OCH3 is 2. The van der Waals surface area contributed by atoms with Crippen LogP contribution in [0, 0.1) is 6.92 Å².